The molecule has 4 nitrogen and oxygen atoms in total. The molecule has 2 aromatic rings. The first-order valence-electron chi connectivity index (χ1n) is 7.00. The predicted octanol–water partition coefficient (Wildman–Crippen LogP) is 3.99. The summed E-state index contributed by atoms with van der Waals surface area (Å²) in [6.07, 6.45) is 0. The smallest absolute Gasteiger partial charge is 0.262 e. The van der Waals surface area contributed by atoms with Crippen molar-refractivity contribution in [2.24, 2.45) is 0 Å². The molecule has 2 rings (SSSR count). The molecule has 0 atom stereocenters. The highest BCUT2D eigenvalue weighted by molar-refractivity contribution is 6.31. The number of rotatable bonds is 4. The predicted molar refractivity (Wildman–Crippen MR) is 88.8 cm³/mol. The molecule has 5 heteroatoms. The Balaban J connectivity index is 2.00. The lowest BCUT2D eigenvalue weighted by atomic mass is 10.1. The second-order valence-electron chi connectivity index (χ2n) is 5.29. The molecule has 116 valence electrons. The van der Waals surface area contributed by atoms with Crippen LogP contribution in [0.2, 0.25) is 5.02 Å². The van der Waals surface area contributed by atoms with Gasteiger partial charge in [0.2, 0.25) is 0 Å². The van der Waals surface area contributed by atoms with Crippen LogP contribution in [0.25, 0.3) is 0 Å². The minimum atomic E-state index is -0.218. The SMILES string of the molecule is Cc1cc(C)c(NC(=O)COc2ccc(Cl)c(C)c2)c(C)n1. The second kappa shape index (κ2) is 6.79. The Labute approximate surface area is 135 Å². The van der Waals surface area contributed by atoms with Crippen molar-refractivity contribution in [2.45, 2.75) is 27.7 Å². The fourth-order valence-corrected chi connectivity index (χ4v) is 2.36. The number of anilines is 1. The van der Waals surface area contributed by atoms with Crippen molar-refractivity contribution in [1.82, 2.24) is 4.98 Å². The van der Waals surface area contributed by atoms with Gasteiger partial charge in [-0.2, -0.15) is 0 Å². The number of halogens is 1. The third kappa shape index (κ3) is 3.98. The molecular weight excluding hydrogens is 300 g/mol. The van der Waals surface area contributed by atoms with E-state index in [2.05, 4.69) is 10.3 Å². The van der Waals surface area contributed by atoms with Gasteiger partial charge in [0, 0.05) is 10.7 Å². The molecule has 1 aromatic carbocycles. The van der Waals surface area contributed by atoms with E-state index in [1.807, 2.05) is 33.8 Å². The molecule has 0 unspecified atom stereocenters. The topological polar surface area (TPSA) is 51.2 Å². The van der Waals surface area contributed by atoms with Gasteiger partial charge in [-0.25, -0.2) is 0 Å². The number of carbonyl (C=O) groups excluding carboxylic acids is 1. The van der Waals surface area contributed by atoms with Crippen LogP contribution in [0.3, 0.4) is 0 Å². The Hall–Kier alpha value is -2.07. The lowest BCUT2D eigenvalue weighted by Gasteiger charge is -2.13. The van der Waals surface area contributed by atoms with Crippen LogP contribution in [0.15, 0.2) is 24.3 Å². The van der Waals surface area contributed by atoms with Gasteiger partial charge in [-0.1, -0.05) is 11.6 Å². The Morgan fingerprint density at radius 1 is 1.18 bits per heavy atom. The summed E-state index contributed by atoms with van der Waals surface area (Å²) in [6, 6.07) is 7.24. The number of benzene rings is 1. The highest BCUT2D eigenvalue weighted by atomic mass is 35.5. The monoisotopic (exact) mass is 318 g/mol. The number of aryl methyl sites for hydroxylation is 4. The van der Waals surface area contributed by atoms with Gasteiger partial charge in [0.05, 0.1) is 11.4 Å². The van der Waals surface area contributed by atoms with Gasteiger partial charge in [0.1, 0.15) is 5.75 Å². The van der Waals surface area contributed by atoms with Crippen molar-refractivity contribution < 1.29 is 9.53 Å². The maximum atomic E-state index is 12.0. The summed E-state index contributed by atoms with van der Waals surface area (Å²) in [5, 5.41) is 3.52. The zero-order valence-corrected chi connectivity index (χ0v) is 13.9. The van der Waals surface area contributed by atoms with Crippen molar-refractivity contribution >= 4 is 23.2 Å². The molecule has 1 heterocycles. The third-order valence-corrected chi connectivity index (χ3v) is 3.71. The second-order valence-corrected chi connectivity index (χ2v) is 5.70. The van der Waals surface area contributed by atoms with Crippen LogP contribution in [0.4, 0.5) is 5.69 Å². The number of hydrogen-bond acceptors (Lipinski definition) is 3. The molecular formula is C17H19ClN2O2. The molecule has 0 aliphatic carbocycles. The zero-order chi connectivity index (χ0) is 16.3. The summed E-state index contributed by atoms with van der Waals surface area (Å²) in [6.45, 7) is 7.57. The molecule has 22 heavy (non-hydrogen) atoms. The molecule has 0 saturated carbocycles. The quantitative estimate of drug-likeness (QED) is 0.927. The van der Waals surface area contributed by atoms with Crippen LogP contribution in [0.1, 0.15) is 22.5 Å². The van der Waals surface area contributed by atoms with E-state index in [-0.39, 0.29) is 12.5 Å². The van der Waals surface area contributed by atoms with Crippen LogP contribution in [0.5, 0.6) is 5.75 Å². The first-order chi connectivity index (χ1) is 10.4. The lowest BCUT2D eigenvalue weighted by Crippen LogP contribution is -2.21. The van der Waals surface area contributed by atoms with E-state index in [1.54, 1.807) is 18.2 Å². The summed E-state index contributed by atoms with van der Waals surface area (Å²) in [5.41, 5.74) is 4.37. The number of carbonyl (C=O) groups is 1. The molecule has 1 aromatic heterocycles. The van der Waals surface area contributed by atoms with Gasteiger partial charge in [0.15, 0.2) is 6.61 Å². The summed E-state index contributed by atoms with van der Waals surface area (Å²) >= 11 is 5.96. The fourth-order valence-electron chi connectivity index (χ4n) is 2.24. The van der Waals surface area contributed by atoms with Crippen LogP contribution >= 0.6 is 11.6 Å². The van der Waals surface area contributed by atoms with Gasteiger partial charge in [0.25, 0.3) is 5.91 Å². The van der Waals surface area contributed by atoms with Crippen LogP contribution in [-0.4, -0.2) is 17.5 Å². The van der Waals surface area contributed by atoms with Gasteiger partial charge in [-0.15, -0.1) is 0 Å². The molecule has 0 saturated heterocycles. The summed E-state index contributed by atoms with van der Waals surface area (Å²) in [5.74, 6) is 0.400. The van der Waals surface area contributed by atoms with Crippen molar-refractivity contribution in [3.63, 3.8) is 0 Å². The van der Waals surface area contributed by atoms with E-state index in [0.717, 1.165) is 28.2 Å². The van der Waals surface area contributed by atoms with E-state index in [1.165, 1.54) is 0 Å². The first kappa shape index (κ1) is 16.3. The van der Waals surface area contributed by atoms with E-state index in [0.29, 0.717) is 10.8 Å². The minimum Gasteiger partial charge on any atom is -0.484 e. The molecule has 0 radical (unpaired) electrons. The van der Waals surface area contributed by atoms with Crippen molar-refractivity contribution in [1.29, 1.82) is 0 Å². The number of ether oxygens (including phenoxy) is 1. The largest absolute Gasteiger partial charge is 0.484 e. The zero-order valence-electron chi connectivity index (χ0n) is 13.2. The van der Waals surface area contributed by atoms with Crippen molar-refractivity contribution in [3.05, 3.63) is 51.8 Å². The van der Waals surface area contributed by atoms with Crippen LogP contribution in [0, 0.1) is 27.7 Å². The molecule has 0 fully saturated rings. The summed E-state index contributed by atoms with van der Waals surface area (Å²) in [4.78, 5) is 16.4. The van der Waals surface area contributed by atoms with E-state index < -0.39 is 0 Å². The Kier molecular flexibility index (Phi) is 5.03. The lowest BCUT2D eigenvalue weighted by molar-refractivity contribution is -0.118. The average Bonchev–Trinajstić information content (AvgIpc) is 2.44. The number of aromatic nitrogens is 1. The maximum Gasteiger partial charge on any atom is 0.262 e. The van der Waals surface area contributed by atoms with Crippen LogP contribution in [-0.2, 0) is 4.79 Å². The van der Waals surface area contributed by atoms with Crippen molar-refractivity contribution in [2.75, 3.05) is 11.9 Å². The normalized spacial score (nSPS) is 10.4. The van der Waals surface area contributed by atoms with E-state index in [9.17, 15) is 4.79 Å². The van der Waals surface area contributed by atoms with Gasteiger partial charge in [-0.05, 0) is 63.1 Å². The number of amides is 1. The van der Waals surface area contributed by atoms with Gasteiger partial charge in [-0.3, -0.25) is 9.78 Å². The Bertz CT molecular complexity index is 691. The van der Waals surface area contributed by atoms with Crippen LogP contribution < -0.4 is 10.1 Å². The minimum absolute atomic E-state index is 0.0617. The highest BCUT2D eigenvalue weighted by Crippen LogP contribution is 2.22. The van der Waals surface area contributed by atoms with Crippen molar-refractivity contribution in [3.8, 4) is 5.75 Å². The molecule has 0 spiro atoms. The Morgan fingerprint density at radius 3 is 2.55 bits per heavy atom. The van der Waals surface area contributed by atoms with E-state index in [4.69, 9.17) is 16.3 Å². The third-order valence-electron chi connectivity index (χ3n) is 3.29. The maximum absolute atomic E-state index is 12.0. The standard InChI is InChI=1S/C17H19ClN2O2/c1-10-8-14(5-6-15(10)18)22-9-16(21)20-17-11(2)7-12(3)19-13(17)4/h5-8H,9H2,1-4H3,(H,20,21). The molecule has 0 aliphatic heterocycles. The molecule has 1 N–H and O–H groups in total. The highest BCUT2D eigenvalue weighted by Gasteiger charge is 2.10. The first-order valence-corrected chi connectivity index (χ1v) is 7.38. The number of hydrogen-bond donors (Lipinski definition) is 1. The van der Waals surface area contributed by atoms with E-state index >= 15 is 0 Å². The van der Waals surface area contributed by atoms with Gasteiger partial charge >= 0.3 is 0 Å². The number of pyridine rings is 1. The molecule has 0 bridgehead atoms. The summed E-state index contributed by atoms with van der Waals surface area (Å²) in [7, 11) is 0. The van der Waals surface area contributed by atoms with Gasteiger partial charge < -0.3 is 10.1 Å². The molecule has 0 aliphatic rings. The fraction of sp³-hybridized carbons (Fsp3) is 0.294. The number of nitrogens with one attached hydrogen (secondary N) is 1. The average molecular weight is 319 g/mol. The number of nitrogens with zero attached hydrogens (tertiary/aromatic N) is 1. The summed E-state index contributed by atoms with van der Waals surface area (Å²) < 4.78 is 5.49. The molecule has 1 amide bonds. The Morgan fingerprint density at radius 2 is 1.91 bits per heavy atom.